The topological polar surface area (TPSA) is 9.23 Å². The van der Waals surface area contributed by atoms with E-state index < -0.39 is 0 Å². The van der Waals surface area contributed by atoms with E-state index in [0.29, 0.717) is 0 Å². The summed E-state index contributed by atoms with van der Waals surface area (Å²) < 4.78 is 8.25. The SMILES string of the molecule is CCCCCCCCc1cc(Br)ccc1Oc1ccc(Br)cc1. The summed E-state index contributed by atoms with van der Waals surface area (Å²) in [5.74, 6) is 1.84. The van der Waals surface area contributed by atoms with Crippen LogP contribution in [0.4, 0.5) is 0 Å². The molecule has 0 fully saturated rings. The number of unbranched alkanes of at least 4 members (excludes halogenated alkanes) is 5. The van der Waals surface area contributed by atoms with Crippen molar-refractivity contribution >= 4 is 31.9 Å². The molecule has 2 rings (SSSR count). The van der Waals surface area contributed by atoms with Crippen LogP contribution in [0.3, 0.4) is 0 Å². The summed E-state index contributed by atoms with van der Waals surface area (Å²) in [4.78, 5) is 0. The Balaban J connectivity index is 1.95. The molecule has 0 spiro atoms. The van der Waals surface area contributed by atoms with Crippen molar-refractivity contribution in [2.75, 3.05) is 0 Å². The van der Waals surface area contributed by atoms with Gasteiger partial charge in [0.05, 0.1) is 0 Å². The van der Waals surface area contributed by atoms with Gasteiger partial charge in [0.25, 0.3) is 0 Å². The van der Waals surface area contributed by atoms with Crippen LogP contribution in [0.2, 0.25) is 0 Å². The molecule has 2 aromatic rings. The monoisotopic (exact) mass is 438 g/mol. The summed E-state index contributed by atoms with van der Waals surface area (Å²) in [5, 5.41) is 0. The number of ether oxygens (including phenoxy) is 1. The van der Waals surface area contributed by atoms with Crippen molar-refractivity contribution < 1.29 is 4.74 Å². The van der Waals surface area contributed by atoms with Crippen LogP contribution in [0.1, 0.15) is 51.0 Å². The zero-order valence-electron chi connectivity index (χ0n) is 13.7. The molecule has 2 aromatic carbocycles. The van der Waals surface area contributed by atoms with Crippen molar-refractivity contribution in [1.29, 1.82) is 0 Å². The summed E-state index contributed by atoms with van der Waals surface area (Å²) >= 11 is 7.03. The summed E-state index contributed by atoms with van der Waals surface area (Å²) in [7, 11) is 0. The second-order valence-electron chi connectivity index (χ2n) is 5.83. The summed E-state index contributed by atoms with van der Waals surface area (Å²) in [6, 6.07) is 14.3. The van der Waals surface area contributed by atoms with Gasteiger partial charge in [0.2, 0.25) is 0 Å². The highest BCUT2D eigenvalue weighted by Crippen LogP contribution is 2.30. The lowest BCUT2D eigenvalue weighted by Gasteiger charge is -2.12. The average molecular weight is 440 g/mol. The fourth-order valence-electron chi connectivity index (χ4n) is 2.57. The van der Waals surface area contributed by atoms with Crippen molar-refractivity contribution in [3.63, 3.8) is 0 Å². The maximum atomic E-state index is 6.07. The van der Waals surface area contributed by atoms with Gasteiger partial charge in [0, 0.05) is 8.95 Å². The van der Waals surface area contributed by atoms with E-state index in [1.807, 2.05) is 30.3 Å². The van der Waals surface area contributed by atoms with Crippen LogP contribution < -0.4 is 4.74 Å². The minimum atomic E-state index is 0.875. The van der Waals surface area contributed by atoms with Crippen LogP contribution in [-0.2, 0) is 6.42 Å². The standard InChI is InChI=1S/C20H24Br2O/c1-2-3-4-5-6-7-8-16-15-18(22)11-14-20(16)23-19-12-9-17(21)10-13-19/h9-15H,2-8H2,1H3. The average Bonchev–Trinajstić information content (AvgIpc) is 2.55. The maximum Gasteiger partial charge on any atom is 0.130 e. The van der Waals surface area contributed by atoms with Gasteiger partial charge in [-0.2, -0.15) is 0 Å². The Morgan fingerprint density at radius 3 is 2.17 bits per heavy atom. The second-order valence-corrected chi connectivity index (χ2v) is 7.66. The van der Waals surface area contributed by atoms with Crippen LogP contribution in [0, 0.1) is 0 Å². The molecule has 23 heavy (non-hydrogen) atoms. The molecule has 0 N–H and O–H groups in total. The Kier molecular flexibility index (Phi) is 8.18. The van der Waals surface area contributed by atoms with Gasteiger partial charge in [-0.05, 0) is 60.9 Å². The number of hydrogen-bond acceptors (Lipinski definition) is 1. The zero-order chi connectivity index (χ0) is 16.5. The predicted molar refractivity (Wildman–Crippen MR) is 105 cm³/mol. The van der Waals surface area contributed by atoms with Crippen molar-refractivity contribution in [2.45, 2.75) is 51.9 Å². The first kappa shape index (κ1) is 18.5. The minimum Gasteiger partial charge on any atom is -0.457 e. The Morgan fingerprint density at radius 2 is 1.43 bits per heavy atom. The molecule has 0 atom stereocenters. The van der Waals surface area contributed by atoms with E-state index in [1.165, 1.54) is 44.1 Å². The molecule has 0 saturated carbocycles. The number of halogens is 2. The van der Waals surface area contributed by atoms with Crippen LogP contribution in [-0.4, -0.2) is 0 Å². The second kappa shape index (κ2) is 10.1. The number of rotatable bonds is 9. The van der Waals surface area contributed by atoms with Gasteiger partial charge >= 0.3 is 0 Å². The van der Waals surface area contributed by atoms with Gasteiger partial charge < -0.3 is 4.74 Å². The Bertz CT molecular complexity index is 593. The highest BCUT2D eigenvalue weighted by Gasteiger charge is 2.06. The van der Waals surface area contributed by atoms with E-state index in [2.05, 4.69) is 50.9 Å². The predicted octanol–water partition coefficient (Wildman–Crippen LogP) is 7.91. The van der Waals surface area contributed by atoms with Gasteiger partial charge in [0.15, 0.2) is 0 Å². The van der Waals surface area contributed by atoms with Gasteiger partial charge in [-0.25, -0.2) is 0 Å². The maximum absolute atomic E-state index is 6.07. The Morgan fingerprint density at radius 1 is 0.783 bits per heavy atom. The summed E-state index contributed by atoms with van der Waals surface area (Å²) in [6.07, 6.45) is 8.94. The van der Waals surface area contributed by atoms with Crippen molar-refractivity contribution in [3.8, 4) is 11.5 Å². The fourth-order valence-corrected chi connectivity index (χ4v) is 3.24. The quantitative estimate of drug-likeness (QED) is 0.360. The van der Waals surface area contributed by atoms with Crippen molar-refractivity contribution in [2.24, 2.45) is 0 Å². The van der Waals surface area contributed by atoms with Crippen LogP contribution in [0.25, 0.3) is 0 Å². The molecule has 124 valence electrons. The van der Waals surface area contributed by atoms with E-state index in [0.717, 1.165) is 26.9 Å². The van der Waals surface area contributed by atoms with E-state index in [-0.39, 0.29) is 0 Å². The number of hydrogen-bond donors (Lipinski definition) is 0. The van der Waals surface area contributed by atoms with E-state index in [1.54, 1.807) is 0 Å². The highest BCUT2D eigenvalue weighted by atomic mass is 79.9. The molecule has 0 bridgehead atoms. The lowest BCUT2D eigenvalue weighted by Crippen LogP contribution is -1.93. The fraction of sp³-hybridized carbons (Fsp3) is 0.400. The first-order valence-electron chi connectivity index (χ1n) is 8.41. The first-order valence-corrected chi connectivity index (χ1v) is 9.99. The molecule has 0 aliphatic heterocycles. The number of benzene rings is 2. The summed E-state index contributed by atoms with van der Waals surface area (Å²) in [5.41, 5.74) is 1.28. The van der Waals surface area contributed by atoms with Gasteiger partial charge in [-0.15, -0.1) is 0 Å². The zero-order valence-corrected chi connectivity index (χ0v) is 16.8. The first-order chi connectivity index (χ1) is 11.2. The van der Waals surface area contributed by atoms with Gasteiger partial charge in [0.1, 0.15) is 11.5 Å². The molecule has 0 unspecified atom stereocenters. The molecule has 3 heteroatoms. The smallest absolute Gasteiger partial charge is 0.130 e. The minimum absolute atomic E-state index is 0.875. The van der Waals surface area contributed by atoms with Crippen LogP contribution in [0.15, 0.2) is 51.4 Å². The molecule has 0 aliphatic rings. The molecule has 1 nitrogen and oxygen atoms in total. The third-order valence-electron chi connectivity index (χ3n) is 3.86. The molecule has 0 saturated heterocycles. The lowest BCUT2D eigenvalue weighted by molar-refractivity contribution is 0.474. The largest absolute Gasteiger partial charge is 0.457 e. The van der Waals surface area contributed by atoms with Gasteiger partial charge in [-0.3, -0.25) is 0 Å². The van der Waals surface area contributed by atoms with E-state index in [4.69, 9.17) is 4.74 Å². The van der Waals surface area contributed by atoms with E-state index in [9.17, 15) is 0 Å². The van der Waals surface area contributed by atoms with Crippen molar-refractivity contribution in [1.82, 2.24) is 0 Å². The Labute approximate surface area is 156 Å². The molecule has 0 aromatic heterocycles. The van der Waals surface area contributed by atoms with E-state index >= 15 is 0 Å². The normalized spacial score (nSPS) is 10.7. The van der Waals surface area contributed by atoms with Gasteiger partial charge in [-0.1, -0.05) is 70.9 Å². The van der Waals surface area contributed by atoms with Crippen molar-refractivity contribution in [3.05, 3.63) is 57.0 Å². The molecule has 0 amide bonds. The van der Waals surface area contributed by atoms with Crippen LogP contribution >= 0.6 is 31.9 Å². The molecule has 0 aliphatic carbocycles. The third kappa shape index (κ3) is 6.68. The van der Waals surface area contributed by atoms with Crippen LogP contribution in [0.5, 0.6) is 11.5 Å². The summed E-state index contributed by atoms with van der Waals surface area (Å²) in [6.45, 7) is 2.26. The molecular formula is C20H24Br2O. The Hall–Kier alpha value is -0.800. The molecule has 0 heterocycles. The lowest BCUT2D eigenvalue weighted by atomic mass is 10.0. The molecular weight excluding hydrogens is 416 g/mol. The molecule has 0 radical (unpaired) electrons. The highest BCUT2D eigenvalue weighted by molar-refractivity contribution is 9.10. The number of aryl methyl sites for hydroxylation is 1. The third-order valence-corrected chi connectivity index (χ3v) is 4.89.